The van der Waals surface area contributed by atoms with Crippen LogP contribution in [0.4, 0.5) is 5.69 Å². The third kappa shape index (κ3) is 5.23. The summed E-state index contributed by atoms with van der Waals surface area (Å²) in [6.07, 6.45) is 0. The zero-order valence-corrected chi connectivity index (χ0v) is 17.2. The Hall–Kier alpha value is -1.54. The molecule has 0 saturated heterocycles. The van der Waals surface area contributed by atoms with E-state index in [0.717, 1.165) is 11.1 Å². The van der Waals surface area contributed by atoms with Gasteiger partial charge in [0.2, 0.25) is 15.9 Å². The molecule has 0 aliphatic carbocycles. The lowest BCUT2D eigenvalue weighted by molar-refractivity contribution is -0.113. The van der Waals surface area contributed by atoms with Crippen molar-refractivity contribution in [3.63, 3.8) is 0 Å². The molecule has 0 aliphatic heterocycles. The number of benzene rings is 2. The number of sulfonamides is 1. The number of nitrogens with one attached hydrogen (secondary N) is 1. The topological polar surface area (TPSA) is 66.5 Å². The predicted octanol–water partition coefficient (Wildman–Crippen LogP) is 3.77. The number of carbonyl (C=O) groups excluding carboxylic acids is 1. The third-order valence-electron chi connectivity index (χ3n) is 3.72. The van der Waals surface area contributed by atoms with Crippen LogP contribution in [0.25, 0.3) is 0 Å². The summed E-state index contributed by atoms with van der Waals surface area (Å²) < 4.78 is 25.5. The summed E-state index contributed by atoms with van der Waals surface area (Å²) in [6, 6.07) is 12.1. The highest BCUT2D eigenvalue weighted by molar-refractivity contribution is 7.99. The van der Waals surface area contributed by atoms with Crippen molar-refractivity contribution in [2.45, 2.75) is 17.6 Å². The molecule has 2 aromatic rings. The van der Waals surface area contributed by atoms with Crippen LogP contribution < -0.4 is 5.32 Å². The highest BCUT2D eigenvalue weighted by atomic mass is 35.5. The monoisotopic (exact) mass is 412 g/mol. The van der Waals surface area contributed by atoms with Crippen LogP contribution in [0.2, 0.25) is 5.02 Å². The van der Waals surface area contributed by atoms with Crippen molar-refractivity contribution in [2.24, 2.45) is 0 Å². The van der Waals surface area contributed by atoms with Gasteiger partial charge in [-0.3, -0.25) is 4.79 Å². The van der Waals surface area contributed by atoms with Gasteiger partial charge in [0.25, 0.3) is 0 Å². The largest absolute Gasteiger partial charge is 0.325 e. The van der Waals surface area contributed by atoms with Crippen LogP contribution >= 0.6 is 23.4 Å². The molecule has 1 N–H and O–H groups in total. The van der Waals surface area contributed by atoms with E-state index in [1.807, 2.05) is 13.0 Å². The Kier molecular flexibility index (Phi) is 7.11. The summed E-state index contributed by atoms with van der Waals surface area (Å²) in [7, 11) is -0.460. The Morgan fingerprint density at radius 2 is 1.88 bits per heavy atom. The highest BCUT2D eigenvalue weighted by Gasteiger charge is 2.17. The van der Waals surface area contributed by atoms with E-state index >= 15 is 0 Å². The summed E-state index contributed by atoms with van der Waals surface area (Å²) in [6.45, 7) is 1.85. The van der Waals surface area contributed by atoms with Gasteiger partial charge in [-0.1, -0.05) is 29.8 Å². The minimum atomic E-state index is -3.46. The Bertz CT molecular complexity index is 899. The van der Waals surface area contributed by atoms with Crippen LogP contribution in [0.1, 0.15) is 11.1 Å². The van der Waals surface area contributed by atoms with Crippen molar-refractivity contribution in [1.82, 2.24) is 4.31 Å². The van der Waals surface area contributed by atoms with Crippen LogP contribution in [-0.2, 0) is 20.6 Å². The molecule has 0 atom stereocenters. The molecule has 0 unspecified atom stereocenters. The quantitative estimate of drug-likeness (QED) is 0.751. The van der Waals surface area contributed by atoms with Crippen LogP contribution in [0.5, 0.6) is 0 Å². The standard InChI is InChI=1S/C18H21ClN2O3S2/c1-13-16(19)8-5-9-17(13)20-18(22)12-25-11-14-6-4-7-15(10-14)26(23,24)21(2)3/h4-10H,11-12H2,1-3H3,(H,20,22). The van der Waals surface area contributed by atoms with Crippen molar-refractivity contribution < 1.29 is 13.2 Å². The van der Waals surface area contributed by atoms with Gasteiger partial charge in [0.05, 0.1) is 10.6 Å². The zero-order valence-electron chi connectivity index (χ0n) is 14.8. The Balaban J connectivity index is 1.94. The molecule has 0 aliphatic rings. The van der Waals surface area contributed by atoms with Gasteiger partial charge in [0.1, 0.15) is 0 Å². The van der Waals surface area contributed by atoms with E-state index in [0.29, 0.717) is 16.5 Å². The van der Waals surface area contributed by atoms with Gasteiger partial charge in [-0.15, -0.1) is 11.8 Å². The van der Waals surface area contributed by atoms with Gasteiger partial charge in [-0.2, -0.15) is 0 Å². The average Bonchev–Trinajstić information content (AvgIpc) is 2.59. The van der Waals surface area contributed by atoms with Crippen molar-refractivity contribution in [3.8, 4) is 0 Å². The number of anilines is 1. The first-order valence-electron chi connectivity index (χ1n) is 7.86. The third-order valence-corrected chi connectivity index (χ3v) is 6.95. The van der Waals surface area contributed by atoms with E-state index in [4.69, 9.17) is 11.6 Å². The van der Waals surface area contributed by atoms with Crippen molar-refractivity contribution in [3.05, 3.63) is 58.6 Å². The molecular weight excluding hydrogens is 392 g/mol. The lowest BCUT2D eigenvalue weighted by Crippen LogP contribution is -2.22. The first-order chi connectivity index (χ1) is 12.2. The average molecular weight is 413 g/mol. The van der Waals surface area contributed by atoms with Gasteiger partial charge >= 0.3 is 0 Å². The van der Waals surface area contributed by atoms with Crippen molar-refractivity contribution in [1.29, 1.82) is 0 Å². The summed E-state index contributed by atoms with van der Waals surface area (Å²) in [5.41, 5.74) is 2.38. The predicted molar refractivity (Wildman–Crippen MR) is 108 cm³/mol. The minimum absolute atomic E-state index is 0.127. The van der Waals surface area contributed by atoms with Gasteiger partial charge in [-0.25, -0.2) is 12.7 Å². The maximum atomic E-state index is 12.2. The maximum absolute atomic E-state index is 12.2. The lowest BCUT2D eigenvalue weighted by atomic mass is 10.2. The number of amides is 1. The van der Waals surface area contributed by atoms with Crippen LogP contribution in [0.15, 0.2) is 47.4 Å². The van der Waals surface area contributed by atoms with E-state index in [-0.39, 0.29) is 16.6 Å². The first kappa shape index (κ1) is 20.8. The fourth-order valence-corrected chi connectivity index (χ4v) is 4.12. The molecule has 0 bridgehead atoms. The summed E-state index contributed by atoms with van der Waals surface area (Å²) in [5.74, 6) is 0.674. The summed E-state index contributed by atoms with van der Waals surface area (Å²) in [5, 5.41) is 3.45. The number of hydrogen-bond donors (Lipinski definition) is 1. The molecule has 0 aromatic heterocycles. The molecule has 0 fully saturated rings. The van der Waals surface area contributed by atoms with Gasteiger partial charge in [0.15, 0.2) is 0 Å². The van der Waals surface area contributed by atoms with Crippen molar-refractivity contribution in [2.75, 3.05) is 25.2 Å². The molecule has 2 rings (SSSR count). The molecule has 5 nitrogen and oxygen atoms in total. The van der Waals surface area contributed by atoms with Gasteiger partial charge in [-0.05, 0) is 42.3 Å². The molecule has 1 amide bonds. The van der Waals surface area contributed by atoms with Crippen LogP contribution in [0, 0.1) is 6.92 Å². The normalized spacial score (nSPS) is 11.6. The molecule has 0 radical (unpaired) electrons. The number of thioether (sulfide) groups is 1. The zero-order chi connectivity index (χ0) is 19.3. The van der Waals surface area contributed by atoms with Crippen LogP contribution in [-0.4, -0.2) is 38.5 Å². The molecule has 26 heavy (non-hydrogen) atoms. The van der Waals surface area contributed by atoms with E-state index in [1.165, 1.54) is 30.2 Å². The van der Waals surface area contributed by atoms with E-state index in [9.17, 15) is 13.2 Å². The Morgan fingerprint density at radius 3 is 2.58 bits per heavy atom. The molecule has 140 valence electrons. The molecule has 0 heterocycles. The second-order valence-corrected chi connectivity index (χ2v) is 9.43. The van der Waals surface area contributed by atoms with E-state index in [1.54, 1.807) is 36.4 Å². The Morgan fingerprint density at radius 1 is 1.19 bits per heavy atom. The number of hydrogen-bond acceptors (Lipinski definition) is 4. The molecular formula is C18H21ClN2O3S2. The summed E-state index contributed by atoms with van der Waals surface area (Å²) >= 11 is 7.46. The van der Waals surface area contributed by atoms with E-state index < -0.39 is 10.0 Å². The van der Waals surface area contributed by atoms with Gasteiger partial charge in [0, 0.05) is 30.6 Å². The number of carbonyl (C=O) groups is 1. The SMILES string of the molecule is Cc1c(Cl)cccc1NC(=O)CSCc1cccc(S(=O)(=O)N(C)C)c1. The Labute approximate surface area is 163 Å². The molecule has 2 aromatic carbocycles. The van der Waals surface area contributed by atoms with Crippen LogP contribution in [0.3, 0.4) is 0 Å². The highest BCUT2D eigenvalue weighted by Crippen LogP contribution is 2.23. The van der Waals surface area contributed by atoms with E-state index in [2.05, 4.69) is 5.32 Å². The first-order valence-corrected chi connectivity index (χ1v) is 10.8. The lowest BCUT2D eigenvalue weighted by Gasteiger charge is -2.12. The maximum Gasteiger partial charge on any atom is 0.242 e. The minimum Gasteiger partial charge on any atom is -0.325 e. The fourth-order valence-electron chi connectivity index (χ4n) is 2.20. The number of nitrogens with zero attached hydrogens (tertiary/aromatic N) is 1. The second kappa shape index (κ2) is 8.90. The smallest absolute Gasteiger partial charge is 0.242 e. The second-order valence-electron chi connectivity index (χ2n) is 5.89. The molecule has 0 spiro atoms. The number of halogens is 1. The van der Waals surface area contributed by atoms with Gasteiger partial charge < -0.3 is 5.32 Å². The number of rotatable bonds is 7. The fraction of sp³-hybridized carbons (Fsp3) is 0.278. The molecule has 8 heteroatoms. The molecule has 0 saturated carbocycles. The van der Waals surface area contributed by atoms with Crippen molar-refractivity contribution >= 4 is 45.0 Å². The summed E-state index contributed by atoms with van der Waals surface area (Å²) in [4.78, 5) is 12.4.